The number of unbranched alkanes of at least 4 members (excludes halogenated alkanes) is 1. The maximum atomic E-state index is 11.6. The number of sulfone groups is 1. The summed E-state index contributed by atoms with van der Waals surface area (Å²) in [5.41, 5.74) is 3.87. The van der Waals surface area contributed by atoms with Crippen LogP contribution in [0.1, 0.15) is 48.9 Å². The van der Waals surface area contributed by atoms with Gasteiger partial charge in [-0.05, 0) is 43.4 Å². The Balaban J connectivity index is 1.40. The van der Waals surface area contributed by atoms with Crippen molar-refractivity contribution in [2.45, 2.75) is 51.6 Å². The number of aromatic nitrogens is 2. The molecular weight excluding hydrogens is 346 g/mol. The van der Waals surface area contributed by atoms with Gasteiger partial charge >= 0.3 is 0 Å². The molecule has 0 radical (unpaired) electrons. The van der Waals surface area contributed by atoms with Crippen LogP contribution in [0.3, 0.4) is 0 Å². The highest BCUT2D eigenvalue weighted by Gasteiger charge is 2.29. The van der Waals surface area contributed by atoms with Crippen LogP contribution in [0.2, 0.25) is 0 Å². The fourth-order valence-electron chi connectivity index (χ4n) is 3.37. The van der Waals surface area contributed by atoms with E-state index in [2.05, 4.69) is 41.6 Å². The Morgan fingerprint density at radius 2 is 1.88 bits per heavy atom. The molecule has 1 saturated heterocycles. The summed E-state index contributed by atoms with van der Waals surface area (Å²) in [4.78, 5) is 0. The molecule has 1 unspecified atom stereocenters. The summed E-state index contributed by atoms with van der Waals surface area (Å²) in [6.07, 6.45) is 9.14. The molecular formula is C20H29N3O2S. The van der Waals surface area contributed by atoms with E-state index in [1.165, 1.54) is 30.4 Å². The lowest BCUT2D eigenvalue weighted by Crippen LogP contribution is -2.16. The second-order valence-electron chi connectivity index (χ2n) is 7.23. The van der Waals surface area contributed by atoms with Crippen molar-refractivity contribution in [1.82, 2.24) is 15.1 Å². The van der Waals surface area contributed by atoms with Crippen LogP contribution in [0.15, 0.2) is 36.7 Å². The lowest BCUT2D eigenvalue weighted by molar-refractivity contribution is 0.499. The Morgan fingerprint density at radius 1 is 1.15 bits per heavy atom. The van der Waals surface area contributed by atoms with Gasteiger partial charge in [0.1, 0.15) is 0 Å². The molecule has 1 atom stereocenters. The van der Waals surface area contributed by atoms with Gasteiger partial charge in [0.25, 0.3) is 0 Å². The van der Waals surface area contributed by atoms with Crippen molar-refractivity contribution in [3.63, 3.8) is 0 Å². The van der Waals surface area contributed by atoms with Crippen molar-refractivity contribution in [3.8, 4) is 0 Å². The summed E-state index contributed by atoms with van der Waals surface area (Å²) >= 11 is 0. The van der Waals surface area contributed by atoms with Crippen molar-refractivity contribution < 1.29 is 8.42 Å². The molecule has 0 amide bonds. The molecule has 2 heterocycles. The molecule has 2 aromatic rings. The highest BCUT2D eigenvalue weighted by atomic mass is 32.2. The quantitative estimate of drug-likeness (QED) is 0.685. The number of aryl methyl sites for hydroxylation is 1. The van der Waals surface area contributed by atoms with Crippen molar-refractivity contribution in [3.05, 3.63) is 53.3 Å². The fraction of sp³-hybridized carbons (Fsp3) is 0.550. The molecule has 3 rings (SSSR count). The summed E-state index contributed by atoms with van der Waals surface area (Å²) in [6.45, 7) is 3.89. The Bertz CT molecular complexity index is 797. The normalized spacial score (nSPS) is 19.0. The molecule has 0 aliphatic carbocycles. The second-order valence-corrected chi connectivity index (χ2v) is 9.46. The average molecular weight is 376 g/mol. The van der Waals surface area contributed by atoms with Gasteiger partial charge in [-0.25, -0.2) is 8.42 Å². The largest absolute Gasteiger partial charge is 0.312 e. The van der Waals surface area contributed by atoms with E-state index in [4.69, 9.17) is 0 Å². The smallest absolute Gasteiger partial charge is 0.152 e. The van der Waals surface area contributed by atoms with Crippen LogP contribution in [0.25, 0.3) is 0 Å². The van der Waals surface area contributed by atoms with Crippen LogP contribution in [-0.2, 0) is 29.2 Å². The highest BCUT2D eigenvalue weighted by molar-refractivity contribution is 7.91. The average Bonchev–Trinajstić information content (AvgIpc) is 3.24. The van der Waals surface area contributed by atoms with Gasteiger partial charge in [-0.2, -0.15) is 5.10 Å². The van der Waals surface area contributed by atoms with Crippen LogP contribution >= 0.6 is 0 Å². The minimum Gasteiger partial charge on any atom is -0.312 e. The first-order valence-corrected chi connectivity index (χ1v) is 11.4. The Hall–Kier alpha value is -1.66. The van der Waals surface area contributed by atoms with E-state index in [1.54, 1.807) is 0 Å². The lowest BCUT2D eigenvalue weighted by atomic mass is 10.0. The van der Waals surface area contributed by atoms with Crippen LogP contribution in [0.5, 0.6) is 0 Å². The third kappa shape index (κ3) is 5.42. The van der Waals surface area contributed by atoms with Crippen molar-refractivity contribution in [1.29, 1.82) is 0 Å². The summed E-state index contributed by atoms with van der Waals surface area (Å²) in [5.74, 6) is 0.498. The van der Waals surface area contributed by atoms with E-state index in [1.807, 2.05) is 17.1 Å². The topological polar surface area (TPSA) is 64.0 Å². The van der Waals surface area contributed by atoms with Gasteiger partial charge in [0, 0.05) is 18.3 Å². The Kier molecular flexibility index (Phi) is 6.48. The Morgan fingerprint density at radius 3 is 2.54 bits per heavy atom. The molecule has 26 heavy (non-hydrogen) atoms. The minimum absolute atomic E-state index is 0.0000252. The van der Waals surface area contributed by atoms with E-state index in [9.17, 15) is 8.42 Å². The molecule has 6 heteroatoms. The molecule has 1 fully saturated rings. The van der Waals surface area contributed by atoms with Crippen molar-refractivity contribution in [2.75, 3.05) is 18.1 Å². The second kappa shape index (κ2) is 8.82. The summed E-state index contributed by atoms with van der Waals surface area (Å²) in [6, 6.07) is 8.94. The van der Waals surface area contributed by atoms with Gasteiger partial charge in [0.15, 0.2) is 9.84 Å². The van der Waals surface area contributed by atoms with Crippen LogP contribution in [0, 0.1) is 0 Å². The third-order valence-electron chi connectivity index (χ3n) is 5.00. The highest BCUT2D eigenvalue weighted by Crippen LogP contribution is 2.23. The maximum Gasteiger partial charge on any atom is 0.152 e. The fourth-order valence-corrected chi connectivity index (χ4v) is 5.07. The molecule has 0 spiro atoms. The van der Waals surface area contributed by atoms with E-state index >= 15 is 0 Å². The lowest BCUT2D eigenvalue weighted by Gasteiger charge is -2.07. The summed E-state index contributed by atoms with van der Waals surface area (Å²) in [5, 5.41) is 7.79. The van der Waals surface area contributed by atoms with E-state index in [-0.39, 0.29) is 17.5 Å². The van der Waals surface area contributed by atoms with Gasteiger partial charge in [-0.15, -0.1) is 0 Å². The van der Waals surface area contributed by atoms with Crippen LogP contribution in [0.4, 0.5) is 0 Å². The van der Waals surface area contributed by atoms with Crippen LogP contribution < -0.4 is 5.32 Å². The van der Waals surface area contributed by atoms with Gasteiger partial charge in [0.2, 0.25) is 0 Å². The predicted octanol–water partition coefficient (Wildman–Crippen LogP) is 2.92. The monoisotopic (exact) mass is 375 g/mol. The maximum absolute atomic E-state index is 11.6. The number of nitrogens with zero attached hydrogens (tertiary/aromatic N) is 2. The van der Waals surface area contributed by atoms with E-state index < -0.39 is 9.84 Å². The number of nitrogens with one attached hydrogen (secondary N) is 1. The number of hydrogen-bond acceptors (Lipinski definition) is 4. The molecule has 1 N–H and O–H groups in total. The number of benzene rings is 1. The van der Waals surface area contributed by atoms with Crippen molar-refractivity contribution >= 4 is 9.84 Å². The molecule has 0 bridgehead atoms. The molecule has 142 valence electrons. The van der Waals surface area contributed by atoms with Crippen LogP contribution in [-0.4, -0.2) is 36.2 Å². The molecule has 0 saturated carbocycles. The van der Waals surface area contributed by atoms with Crippen molar-refractivity contribution in [2.24, 2.45) is 0 Å². The van der Waals surface area contributed by atoms with Gasteiger partial charge in [0.05, 0.1) is 23.7 Å². The van der Waals surface area contributed by atoms with E-state index in [0.29, 0.717) is 6.42 Å². The number of rotatable bonds is 9. The van der Waals surface area contributed by atoms with Gasteiger partial charge in [-0.1, -0.05) is 37.6 Å². The molecule has 1 aromatic heterocycles. The molecule has 1 aliphatic rings. The third-order valence-corrected chi connectivity index (χ3v) is 6.75. The zero-order valence-electron chi connectivity index (χ0n) is 15.5. The number of hydrogen-bond donors (Lipinski definition) is 1. The van der Waals surface area contributed by atoms with E-state index in [0.717, 1.165) is 25.1 Å². The van der Waals surface area contributed by atoms with Gasteiger partial charge in [-0.3, -0.25) is 4.68 Å². The first-order chi connectivity index (χ1) is 12.6. The molecule has 1 aromatic carbocycles. The SMILES string of the molecule is CCCCc1ccc(CCNCc2cnn(C3CCS(=O)(=O)C3)c2)cc1. The zero-order valence-corrected chi connectivity index (χ0v) is 16.3. The zero-order chi connectivity index (χ0) is 18.4. The summed E-state index contributed by atoms with van der Waals surface area (Å²) in [7, 11) is -2.87. The van der Waals surface area contributed by atoms with Gasteiger partial charge < -0.3 is 5.32 Å². The summed E-state index contributed by atoms with van der Waals surface area (Å²) < 4.78 is 25.0. The molecule has 1 aliphatic heterocycles. The first kappa shape index (κ1) is 19.1. The molecule has 5 nitrogen and oxygen atoms in total. The standard InChI is InChI=1S/C20H29N3O2S/c1-2-3-4-17-5-7-18(8-6-17)9-11-21-13-19-14-22-23(15-19)20-10-12-26(24,25)16-20/h5-8,14-15,20-21H,2-4,9-13,16H2,1H3. The first-order valence-electron chi connectivity index (χ1n) is 9.58. The predicted molar refractivity (Wildman–Crippen MR) is 105 cm³/mol. The minimum atomic E-state index is -2.87. The Labute approximate surface area is 156 Å².